The second-order valence-electron chi connectivity index (χ2n) is 4.95. The lowest BCUT2D eigenvalue weighted by atomic mass is 10.1. The fraction of sp³-hybridized carbons (Fsp3) is 0.176. The van der Waals surface area contributed by atoms with Crippen LogP contribution in [0.1, 0.15) is 34.1 Å². The molecule has 126 valence electrons. The lowest BCUT2D eigenvalue weighted by Crippen LogP contribution is -2.13. The van der Waals surface area contributed by atoms with E-state index < -0.39 is 11.9 Å². The van der Waals surface area contributed by atoms with Crippen LogP contribution in [0.3, 0.4) is 0 Å². The van der Waals surface area contributed by atoms with Crippen molar-refractivity contribution in [2.75, 3.05) is 11.9 Å². The summed E-state index contributed by atoms with van der Waals surface area (Å²) in [4.78, 5) is 23.5. The molecule has 0 aliphatic heterocycles. The molecule has 0 fully saturated rings. The number of anilines is 1. The van der Waals surface area contributed by atoms with Gasteiger partial charge in [0.1, 0.15) is 5.75 Å². The molecule has 0 unspecified atom stereocenters. The molecule has 0 radical (unpaired) electrons. The van der Waals surface area contributed by atoms with E-state index in [2.05, 4.69) is 5.32 Å². The van der Waals surface area contributed by atoms with Crippen molar-refractivity contribution in [2.24, 2.45) is 0 Å². The van der Waals surface area contributed by atoms with Crippen molar-refractivity contribution in [3.05, 3.63) is 57.6 Å². The SMILES string of the molecule is CCCOc1cccc(C(=O)Nc2cc(C(=O)O)c(Cl)cc2Cl)c1. The number of amides is 1. The van der Waals surface area contributed by atoms with Gasteiger partial charge >= 0.3 is 5.97 Å². The Bertz CT molecular complexity index is 777. The van der Waals surface area contributed by atoms with Gasteiger partial charge in [0, 0.05) is 5.56 Å². The summed E-state index contributed by atoms with van der Waals surface area (Å²) < 4.78 is 5.48. The number of halogens is 2. The van der Waals surface area contributed by atoms with E-state index in [-0.39, 0.29) is 21.3 Å². The van der Waals surface area contributed by atoms with E-state index in [0.29, 0.717) is 17.9 Å². The van der Waals surface area contributed by atoms with Gasteiger partial charge in [-0.1, -0.05) is 36.2 Å². The quantitative estimate of drug-likeness (QED) is 0.773. The molecule has 2 N–H and O–H groups in total. The summed E-state index contributed by atoms with van der Waals surface area (Å²) >= 11 is 11.8. The Balaban J connectivity index is 2.23. The standard InChI is InChI=1S/C17H15Cl2NO4/c1-2-6-24-11-5-3-4-10(7-11)16(21)20-15-8-12(17(22)23)13(18)9-14(15)19/h3-5,7-9H,2,6H2,1H3,(H,20,21)(H,22,23). The van der Waals surface area contributed by atoms with Crippen molar-refractivity contribution in [3.63, 3.8) is 0 Å². The number of carbonyl (C=O) groups excluding carboxylic acids is 1. The lowest BCUT2D eigenvalue weighted by molar-refractivity contribution is 0.0696. The summed E-state index contributed by atoms with van der Waals surface area (Å²) in [5.41, 5.74) is 0.395. The molecule has 1 amide bonds. The number of ether oxygens (including phenoxy) is 1. The largest absolute Gasteiger partial charge is 0.494 e. The summed E-state index contributed by atoms with van der Waals surface area (Å²) in [6, 6.07) is 9.19. The number of rotatable bonds is 6. The molecule has 0 spiro atoms. The number of hydrogen-bond acceptors (Lipinski definition) is 3. The maximum atomic E-state index is 12.4. The van der Waals surface area contributed by atoms with Gasteiger partial charge in [-0.2, -0.15) is 0 Å². The van der Waals surface area contributed by atoms with Gasteiger partial charge in [-0.25, -0.2) is 4.79 Å². The number of aromatic carboxylic acids is 1. The maximum absolute atomic E-state index is 12.4. The van der Waals surface area contributed by atoms with Crippen LogP contribution in [0.25, 0.3) is 0 Å². The molecule has 5 nitrogen and oxygen atoms in total. The molecular weight excluding hydrogens is 353 g/mol. The lowest BCUT2D eigenvalue weighted by Gasteiger charge is -2.11. The molecule has 0 aromatic heterocycles. The minimum Gasteiger partial charge on any atom is -0.494 e. The summed E-state index contributed by atoms with van der Waals surface area (Å²) in [6.07, 6.45) is 0.856. The van der Waals surface area contributed by atoms with Gasteiger partial charge in [0.2, 0.25) is 0 Å². The smallest absolute Gasteiger partial charge is 0.337 e. The third-order valence-corrected chi connectivity index (χ3v) is 3.73. The zero-order valence-corrected chi connectivity index (χ0v) is 14.3. The zero-order valence-electron chi connectivity index (χ0n) is 12.8. The average molecular weight is 368 g/mol. The molecule has 0 aliphatic carbocycles. The number of carbonyl (C=O) groups is 2. The molecule has 0 bridgehead atoms. The van der Waals surface area contributed by atoms with Crippen molar-refractivity contribution < 1.29 is 19.4 Å². The minimum absolute atomic E-state index is 0.000428. The highest BCUT2D eigenvalue weighted by molar-refractivity contribution is 6.38. The van der Waals surface area contributed by atoms with E-state index in [4.69, 9.17) is 33.0 Å². The highest BCUT2D eigenvalue weighted by atomic mass is 35.5. The molecule has 7 heteroatoms. The first-order valence-corrected chi connectivity index (χ1v) is 7.94. The molecule has 0 aliphatic rings. The number of nitrogens with one attached hydrogen (secondary N) is 1. The Morgan fingerprint density at radius 2 is 1.92 bits per heavy atom. The van der Waals surface area contributed by atoms with Gasteiger partial charge in [0.05, 0.1) is 27.9 Å². The van der Waals surface area contributed by atoms with Crippen LogP contribution < -0.4 is 10.1 Å². The highest BCUT2D eigenvalue weighted by Gasteiger charge is 2.15. The van der Waals surface area contributed by atoms with Crippen LogP contribution >= 0.6 is 23.2 Å². The van der Waals surface area contributed by atoms with Crippen molar-refractivity contribution in [1.82, 2.24) is 0 Å². The predicted molar refractivity (Wildman–Crippen MR) is 93.6 cm³/mol. The fourth-order valence-electron chi connectivity index (χ4n) is 1.95. The first-order chi connectivity index (χ1) is 11.4. The molecule has 0 saturated carbocycles. The van der Waals surface area contributed by atoms with E-state index >= 15 is 0 Å². The third-order valence-electron chi connectivity index (χ3n) is 3.10. The summed E-state index contributed by atoms with van der Waals surface area (Å²) in [5.74, 6) is -1.06. The Labute approximate surface area is 149 Å². The van der Waals surface area contributed by atoms with E-state index in [0.717, 1.165) is 6.42 Å². The van der Waals surface area contributed by atoms with Crippen LogP contribution in [-0.4, -0.2) is 23.6 Å². The molecule has 2 aromatic rings. The first kappa shape index (κ1) is 18.1. The number of hydrogen-bond donors (Lipinski definition) is 2. The Kier molecular flexibility index (Phi) is 6.06. The zero-order chi connectivity index (χ0) is 17.7. The van der Waals surface area contributed by atoms with Gasteiger partial charge in [-0.3, -0.25) is 4.79 Å². The fourth-order valence-corrected chi connectivity index (χ4v) is 2.46. The number of benzene rings is 2. The average Bonchev–Trinajstić information content (AvgIpc) is 2.55. The minimum atomic E-state index is -1.21. The second kappa shape index (κ2) is 8.04. The van der Waals surface area contributed by atoms with Crippen LogP contribution in [0.2, 0.25) is 10.0 Å². The summed E-state index contributed by atoms with van der Waals surface area (Å²) in [6.45, 7) is 2.54. The molecule has 2 aromatic carbocycles. The van der Waals surface area contributed by atoms with Crippen LogP contribution in [0.5, 0.6) is 5.75 Å². The topological polar surface area (TPSA) is 75.6 Å². The van der Waals surface area contributed by atoms with Crippen molar-refractivity contribution >= 4 is 40.8 Å². The molecule has 0 atom stereocenters. The highest BCUT2D eigenvalue weighted by Crippen LogP contribution is 2.30. The second-order valence-corrected chi connectivity index (χ2v) is 5.76. The number of carboxylic acid groups (broad SMARTS) is 1. The van der Waals surface area contributed by atoms with Crippen molar-refractivity contribution in [2.45, 2.75) is 13.3 Å². The van der Waals surface area contributed by atoms with Gasteiger partial charge < -0.3 is 15.2 Å². The first-order valence-electron chi connectivity index (χ1n) is 7.19. The molecule has 0 heterocycles. The Hall–Kier alpha value is -2.24. The van der Waals surface area contributed by atoms with Crippen LogP contribution in [0.15, 0.2) is 36.4 Å². The van der Waals surface area contributed by atoms with Gasteiger partial charge in [0.15, 0.2) is 0 Å². The molecule has 2 rings (SSSR count). The maximum Gasteiger partial charge on any atom is 0.337 e. The van der Waals surface area contributed by atoms with Gasteiger partial charge in [-0.15, -0.1) is 0 Å². The molecule has 24 heavy (non-hydrogen) atoms. The summed E-state index contributed by atoms with van der Waals surface area (Å²) in [7, 11) is 0. The van der Waals surface area contributed by atoms with Gasteiger partial charge in [0.25, 0.3) is 5.91 Å². The molecule has 0 saturated heterocycles. The van der Waals surface area contributed by atoms with E-state index in [1.54, 1.807) is 24.3 Å². The van der Waals surface area contributed by atoms with Crippen LogP contribution in [-0.2, 0) is 0 Å². The van der Waals surface area contributed by atoms with E-state index in [1.807, 2.05) is 6.92 Å². The summed E-state index contributed by atoms with van der Waals surface area (Å²) in [5, 5.41) is 11.8. The van der Waals surface area contributed by atoms with E-state index in [1.165, 1.54) is 12.1 Å². The molecular formula is C17H15Cl2NO4. The Morgan fingerprint density at radius 1 is 1.17 bits per heavy atom. The third kappa shape index (κ3) is 4.40. The van der Waals surface area contributed by atoms with E-state index in [9.17, 15) is 9.59 Å². The van der Waals surface area contributed by atoms with Crippen LogP contribution in [0, 0.1) is 0 Å². The monoisotopic (exact) mass is 367 g/mol. The van der Waals surface area contributed by atoms with Crippen LogP contribution in [0.4, 0.5) is 5.69 Å². The van der Waals surface area contributed by atoms with Gasteiger partial charge in [-0.05, 0) is 36.8 Å². The number of carboxylic acids is 1. The predicted octanol–water partition coefficient (Wildman–Crippen LogP) is 4.73. The normalized spacial score (nSPS) is 10.3. The van der Waals surface area contributed by atoms with Crippen molar-refractivity contribution in [3.8, 4) is 5.75 Å². The van der Waals surface area contributed by atoms with Crippen molar-refractivity contribution in [1.29, 1.82) is 0 Å². The Morgan fingerprint density at radius 3 is 2.58 bits per heavy atom.